The van der Waals surface area contributed by atoms with E-state index < -0.39 is 5.60 Å². The second kappa shape index (κ2) is 8.99. The Bertz CT molecular complexity index is 709. The highest BCUT2D eigenvalue weighted by molar-refractivity contribution is 7.10. The van der Waals surface area contributed by atoms with Crippen LogP contribution in [0.15, 0.2) is 34.0 Å². The highest BCUT2D eigenvalue weighted by atomic mass is 32.1. The van der Waals surface area contributed by atoms with Crippen molar-refractivity contribution in [2.24, 2.45) is 4.99 Å². The van der Waals surface area contributed by atoms with Gasteiger partial charge in [0, 0.05) is 42.5 Å². The van der Waals surface area contributed by atoms with Crippen LogP contribution < -0.4 is 10.6 Å². The summed E-state index contributed by atoms with van der Waals surface area (Å²) in [6.07, 6.45) is 1.16. The lowest BCUT2D eigenvalue weighted by molar-refractivity contribution is 0.0711. The molecule has 1 aliphatic heterocycles. The molecule has 2 aromatic heterocycles. The lowest BCUT2D eigenvalue weighted by Gasteiger charge is -2.27. The van der Waals surface area contributed by atoms with E-state index in [0.29, 0.717) is 6.54 Å². The third kappa shape index (κ3) is 5.07. The molecule has 7 heteroatoms. The Morgan fingerprint density at radius 1 is 1.31 bits per heavy atom. The molecule has 0 saturated heterocycles. The quantitative estimate of drug-likeness (QED) is 0.501. The van der Waals surface area contributed by atoms with Gasteiger partial charge in [-0.05, 0) is 48.7 Å². The molecule has 0 aromatic carbocycles. The van der Waals surface area contributed by atoms with E-state index in [2.05, 4.69) is 38.9 Å². The van der Waals surface area contributed by atoms with Gasteiger partial charge in [-0.15, -0.1) is 22.7 Å². The molecule has 3 N–H and O–H groups in total. The zero-order valence-corrected chi connectivity index (χ0v) is 17.1. The molecule has 0 fully saturated rings. The van der Waals surface area contributed by atoms with E-state index in [4.69, 9.17) is 0 Å². The average Bonchev–Trinajstić information content (AvgIpc) is 3.31. The fraction of sp³-hybridized carbons (Fsp3) is 0.526. The summed E-state index contributed by atoms with van der Waals surface area (Å²) in [5.74, 6) is 0.762. The van der Waals surface area contributed by atoms with E-state index in [-0.39, 0.29) is 0 Å². The molecule has 1 unspecified atom stereocenters. The van der Waals surface area contributed by atoms with Gasteiger partial charge in [-0.1, -0.05) is 6.07 Å². The van der Waals surface area contributed by atoms with Crippen molar-refractivity contribution in [1.29, 1.82) is 0 Å². The molecule has 3 heterocycles. The molecule has 142 valence electrons. The van der Waals surface area contributed by atoms with Crippen molar-refractivity contribution in [1.82, 2.24) is 15.5 Å². The first kappa shape index (κ1) is 19.4. The van der Waals surface area contributed by atoms with Crippen molar-refractivity contribution in [3.05, 3.63) is 44.3 Å². The van der Waals surface area contributed by atoms with Crippen LogP contribution >= 0.6 is 22.7 Å². The number of nitrogens with one attached hydrogen (secondary N) is 2. The maximum absolute atomic E-state index is 10.6. The Morgan fingerprint density at radius 3 is 2.96 bits per heavy atom. The molecule has 5 nitrogen and oxygen atoms in total. The standard InChI is InChI=1S/C19H28N4OS2/c1-3-20-18(22-14-19(2,24)17-5-4-11-26-17)21-8-10-23-9-6-16-15(13-23)7-12-25-16/h4-5,7,11-12,24H,3,6,8-10,13-14H2,1-2H3,(H2,20,21,22). The molecule has 0 aliphatic carbocycles. The van der Waals surface area contributed by atoms with Gasteiger partial charge in [0.05, 0.1) is 6.54 Å². The predicted octanol–water partition coefficient (Wildman–Crippen LogP) is 2.63. The highest BCUT2D eigenvalue weighted by Crippen LogP contribution is 2.25. The second-order valence-corrected chi connectivity index (χ2v) is 8.72. The SMILES string of the molecule is CCNC(=NCC(C)(O)c1cccs1)NCCN1CCc2sccc2C1. The Kier molecular flexibility index (Phi) is 6.69. The Hall–Kier alpha value is -1.41. The van der Waals surface area contributed by atoms with Crippen molar-refractivity contribution in [2.75, 3.05) is 32.7 Å². The summed E-state index contributed by atoms with van der Waals surface area (Å²) >= 11 is 3.44. The lowest BCUT2D eigenvalue weighted by atomic mass is 10.1. The number of nitrogens with zero attached hydrogens (tertiary/aromatic N) is 2. The number of thiophene rings is 2. The van der Waals surface area contributed by atoms with E-state index in [1.807, 2.05) is 35.8 Å². The largest absolute Gasteiger partial charge is 0.383 e. The van der Waals surface area contributed by atoms with Gasteiger partial charge in [-0.25, -0.2) is 4.99 Å². The van der Waals surface area contributed by atoms with Crippen LogP contribution in [0.25, 0.3) is 0 Å². The van der Waals surface area contributed by atoms with Gasteiger partial charge in [0.2, 0.25) is 0 Å². The van der Waals surface area contributed by atoms with Crippen LogP contribution in [0.2, 0.25) is 0 Å². The molecular weight excluding hydrogens is 364 g/mol. The molecule has 0 spiro atoms. The molecular formula is C19H28N4OS2. The van der Waals surface area contributed by atoms with E-state index in [1.165, 1.54) is 5.56 Å². The third-order valence-electron chi connectivity index (χ3n) is 4.55. The topological polar surface area (TPSA) is 59.9 Å². The summed E-state index contributed by atoms with van der Waals surface area (Å²) in [7, 11) is 0. The van der Waals surface area contributed by atoms with E-state index in [9.17, 15) is 5.11 Å². The molecule has 2 aromatic rings. The number of rotatable bonds is 7. The fourth-order valence-electron chi connectivity index (χ4n) is 3.07. The molecule has 0 saturated carbocycles. The smallest absolute Gasteiger partial charge is 0.191 e. The van der Waals surface area contributed by atoms with Gasteiger partial charge in [-0.2, -0.15) is 0 Å². The first-order valence-corrected chi connectivity index (χ1v) is 10.9. The van der Waals surface area contributed by atoms with E-state index in [0.717, 1.165) is 50.0 Å². The van der Waals surface area contributed by atoms with Gasteiger partial charge in [0.15, 0.2) is 5.96 Å². The molecule has 0 radical (unpaired) electrons. The number of hydrogen-bond donors (Lipinski definition) is 3. The minimum absolute atomic E-state index is 0.338. The average molecular weight is 393 g/mol. The van der Waals surface area contributed by atoms with Crippen LogP contribution in [0, 0.1) is 0 Å². The monoisotopic (exact) mass is 392 g/mol. The number of aliphatic hydroxyl groups is 1. The normalized spacial score (nSPS) is 17.6. The number of aliphatic imine (C=N–C) groups is 1. The Balaban J connectivity index is 1.49. The maximum Gasteiger partial charge on any atom is 0.191 e. The third-order valence-corrected chi connectivity index (χ3v) is 6.69. The molecule has 26 heavy (non-hydrogen) atoms. The number of fused-ring (bicyclic) bond motifs is 1. The van der Waals surface area contributed by atoms with Gasteiger partial charge in [0.25, 0.3) is 0 Å². The summed E-state index contributed by atoms with van der Waals surface area (Å²) in [6, 6.07) is 6.16. The summed E-state index contributed by atoms with van der Waals surface area (Å²) in [6.45, 7) is 9.00. The van der Waals surface area contributed by atoms with Crippen molar-refractivity contribution in [2.45, 2.75) is 32.4 Å². The molecule has 0 bridgehead atoms. The summed E-state index contributed by atoms with van der Waals surface area (Å²) in [5, 5.41) is 21.5. The molecule has 1 aliphatic rings. The van der Waals surface area contributed by atoms with Crippen LogP contribution in [0.5, 0.6) is 0 Å². The first-order chi connectivity index (χ1) is 12.6. The van der Waals surface area contributed by atoms with Crippen LogP contribution in [-0.4, -0.2) is 48.7 Å². The van der Waals surface area contributed by atoms with Crippen molar-refractivity contribution in [3.63, 3.8) is 0 Å². The second-order valence-electron chi connectivity index (χ2n) is 6.77. The van der Waals surface area contributed by atoms with Gasteiger partial charge in [0.1, 0.15) is 5.60 Å². The van der Waals surface area contributed by atoms with Crippen LogP contribution in [0.4, 0.5) is 0 Å². The van der Waals surface area contributed by atoms with Crippen molar-refractivity contribution >= 4 is 28.6 Å². The van der Waals surface area contributed by atoms with Crippen LogP contribution in [0.3, 0.4) is 0 Å². The van der Waals surface area contributed by atoms with Crippen LogP contribution in [-0.2, 0) is 18.6 Å². The van der Waals surface area contributed by atoms with Gasteiger partial charge in [-0.3, -0.25) is 4.90 Å². The van der Waals surface area contributed by atoms with Gasteiger partial charge < -0.3 is 15.7 Å². The lowest BCUT2D eigenvalue weighted by Crippen LogP contribution is -2.43. The minimum Gasteiger partial charge on any atom is -0.383 e. The highest BCUT2D eigenvalue weighted by Gasteiger charge is 2.24. The van der Waals surface area contributed by atoms with E-state index >= 15 is 0 Å². The fourth-order valence-corrected chi connectivity index (χ4v) is 4.74. The summed E-state index contributed by atoms with van der Waals surface area (Å²) < 4.78 is 0. The number of hydrogen-bond acceptors (Lipinski definition) is 5. The molecule has 1 atom stereocenters. The predicted molar refractivity (Wildman–Crippen MR) is 111 cm³/mol. The maximum atomic E-state index is 10.6. The van der Waals surface area contributed by atoms with Gasteiger partial charge >= 0.3 is 0 Å². The summed E-state index contributed by atoms with van der Waals surface area (Å²) in [5.41, 5.74) is 0.549. The Labute approximate surface area is 163 Å². The summed E-state index contributed by atoms with van der Waals surface area (Å²) in [4.78, 5) is 9.55. The van der Waals surface area contributed by atoms with Crippen molar-refractivity contribution < 1.29 is 5.11 Å². The molecule has 0 amide bonds. The first-order valence-electron chi connectivity index (χ1n) is 9.14. The zero-order chi connectivity index (χ0) is 18.4. The van der Waals surface area contributed by atoms with Crippen molar-refractivity contribution in [3.8, 4) is 0 Å². The van der Waals surface area contributed by atoms with Crippen LogP contribution in [0.1, 0.15) is 29.2 Å². The molecule has 3 rings (SSSR count). The zero-order valence-electron chi connectivity index (χ0n) is 15.5. The van der Waals surface area contributed by atoms with E-state index in [1.54, 1.807) is 16.2 Å². The number of guanidine groups is 1. The minimum atomic E-state index is -0.932. The Morgan fingerprint density at radius 2 is 2.19 bits per heavy atom.